The van der Waals surface area contributed by atoms with E-state index in [1.54, 1.807) is 7.11 Å². The second kappa shape index (κ2) is 11.0. The molecule has 2 aromatic rings. The Kier molecular flexibility index (Phi) is 8.43. The monoisotopic (exact) mass is 537 g/mol. The molecule has 2 saturated heterocycles. The molecule has 1 N–H and O–H groups in total. The normalized spacial score (nSPS) is 20.6. The van der Waals surface area contributed by atoms with Gasteiger partial charge >= 0.3 is 0 Å². The van der Waals surface area contributed by atoms with Crippen molar-refractivity contribution in [2.45, 2.75) is 26.3 Å². The van der Waals surface area contributed by atoms with Crippen molar-refractivity contribution in [3.63, 3.8) is 0 Å². The van der Waals surface area contributed by atoms with E-state index in [1.165, 1.54) is 6.42 Å². The van der Waals surface area contributed by atoms with Crippen LogP contribution in [0.1, 0.15) is 25.3 Å². The molecule has 0 amide bonds. The number of hydrogen-bond acceptors (Lipinski definition) is 4. The van der Waals surface area contributed by atoms with E-state index in [-0.39, 0.29) is 24.0 Å². The first-order valence-electron chi connectivity index (χ1n) is 10.7. The average molecular weight is 537 g/mol. The lowest BCUT2D eigenvalue weighted by molar-refractivity contribution is 0.156. The maximum absolute atomic E-state index is 5.96. The van der Waals surface area contributed by atoms with Crippen molar-refractivity contribution >= 4 is 29.9 Å². The second-order valence-electron chi connectivity index (χ2n) is 8.04. The Labute approximate surface area is 202 Å². The molecule has 31 heavy (non-hydrogen) atoms. The number of likely N-dealkylation sites (tertiary alicyclic amines) is 1. The fraction of sp³-hybridized carbons (Fsp3) is 0.458. The lowest BCUT2D eigenvalue weighted by Crippen LogP contribution is -2.41. The van der Waals surface area contributed by atoms with Crippen LogP contribution in [0.3, 0.4) is 0 Å². The fourth-order valence-electron chi connectivity index (χ4n) is 4.17. The number of methoxy groups -OCH3 is 1. The molecule has 2 aliphatic rings. The van der Waals surface area contributed by atoms with Gasteiger partial charge in [-0.1, -0.05) is 24.3 Å². The Morgan fingerprint density at radius 2 is 1.90 bits per heavy atom. The van der Waals surface area contributed by atoms with Crippen LogP contribution in [0.2, 0.25) is 0 Å². The van der Waals surface area contributed by atoms with Gasteiger partial charge in [0, 0.05) is 31.7 Å². The van der Waals surface area contributed by atoms with Gasteiger partial charge < -0.3 is 24.4 Å². The predicted molar refractivity (Wildman–Crippen MR) is 134 cm³/mol. The summed E-state index contributed by atoms with van der Waals surface area (Å²) in [6.07, 6.45) is 2.35. The third-order valence-electron chi connectivity index (χ3n) is 5.89. The lowest BCUT2D eigenvalue weighted by atomic mass is 9.87. The Morgan fingerprint density at radius 1 is 1.13 bits per heavy atom. The lowest BCUT2D eigenvalue weighted by Gasteiger charge is -2.25. The SMILES string of the molecule is CCNC(=NCc1ccc(Oc2ccccc2OC)cc1)N1CCC2(CCOC2)C1.I. The van der Waals surface area contributed by atoms with E-state index in [1.807, 2.05) is 36.4 Å². The first-order chi connectivity index (χ1) is 14.7. The molecule has 0 bridgehead atoms. The molecule has 2 aliphatic heterocycles. The van der Waals surface area contributed by atoms with E-state index in [9.17, 15) is 0 Å². The number of rotatable bonds is 6. The number of halogens is 1. The predicted octanol–water partition coefficient (Wildman–Crippen LogP) is 4.68. The van der Waals surface area contributed by atoms with Gasteiger partial charge in [0.15, 0.2) is 17.5 Å². The van der Waals surface area contributed by atoms with Crippen molar-refractivity contribution in [3.05, 3.63) is 54.1 Å². The van der Waals surface area contributed by atoms with Crippen molar-refractivity contribution < 1.29 is 14.2 Å². The van der Waals surface area contributed by atoms with Gasteiger partial charge in [-0.25, -0.2) is 4.99 Å². The molecule has 0 saturated carbocycles. The van der Waals surface area contributed by atoms with Gasteiger partial charge in [-0.05, 0) is 49.6 Å². The largest absolute Gasteiger partial charge is 0.493 e. The summed E-state index contributed by atoms with van der Waals surface area (Å²) < 4.78 is 17.0. The zero-order chi connectivity index (χ0) is 20.8. The number of nitrogens with one attached hydrogen (secondary N) is 1. The molecule has 6 nitrogen and oxygen atoms in total. The van der Waals surface area contributed by atoms with Crippen molar-refractivity contribution in [2.24, 2.45) is 10.4 Å². The maximum atomic E-state index is 5.96. The highest BCUT2D eigenvalue weighted by atomic mass is 127. The molecule has 0 radical (unpaired) electrons. The van der Waals surface area contributed by atoms with Crippen LogP contribution < -0.4 is 14.8 Å². The van der Waals surface area contributed by atoms with Gasteiger partial charge in [-0.15, -0.1) is 24.0 Å². The summed E-state index contributed by atoms with van der Waals surface area (Å²) in [7, 11) is 1.65. The molecular weight excluding hydrogens is 505 g/mol. The summed E-state index contributed by atoms with van der Waals surface area (Å²) in [5, 5.41) is 3.45. The number of nitrogens with zero attached hydrogens (tertiary/aromatic N) is 2. The smallest absolute Gasteiger partial charge is 0.194 e. The summed E-state index contributed by atoms with van der Waals surface area (Å²) in [6, 6.07) is 15.7. The maximum Gasteiger partial charge on any atom is 0.194 e. The van der Waals surface area contributed by atoms with Crippen LogP contribution >= 0.6 is 24.0 Å². The topological polar surface area (TPSA) is 55.3 Å². The number of guanidine groups is 1. The molecule has 0 aromatic heterocycles. The van der Waals surface area contributed by atoms with Gasteiger partial charge in [-0.2, -0.15) is 0 Å². The fourth-order valence-corrected chi connectivity index (χ4v) is 4.17. The molecule has 168 valence electrons. The van der Waals surface area contributed by atoms with E-state index in [0.29, 0.717) is 17.7 Å². The van der Waals surface area contributed by atoms with Gasteiger partial charge in [-0.3, -0.25) is 0 Å². The minimum atomic E-state index is 0. The summed E-state index contributed by atoms with van der Waals surface area (Å²) in [4.78, 5) is 7.28. The van der Waals surface area contributed by atoms with Crippen molar-refractivity contribution in [1.82, 2.24) is 10.2 Å². The summed E-state index contributed by atoms with van der Waals surface area (Å²) in [5.74, 6) is 3.20. The molecule has 7 heteroatoms. The van der Waals surface area contributed by atoms with Crippen LogP contribution in [0.4, 0.5) is 0 Å². The quantitative estimate of drug-likeness (QED) is 0.330. The van der Waals surface area contributed by atoms with Gasteiger partial charge in [0.1, 0.15) is 5.75 Å². The van der Waals surface area contributed by atoms with E-state index < -0.39 is 0 Å². The standard InChI is InChI=1S/C24H31N3O3.HI/c1-3-25-23(27-14-12-24(17-27)13-15-29-18-24)26-16-19-8-10-20(11-9-19)30-22-7-5-4-6-21(22)28-2;/h4-11H,3,12-18H2,1-2H3,(H,25,26);1H. The first kappa shape index (κ1) is 23.7. The third-order valence-corrected chi connectivity index (χ3v) is 5.89. The number of benzene rings is 2. The summed E-state index contributed by atoms with van der Waals surface area (Å²) in [6.45, 7) is 7.47. The van der Waals surface area contributed by atoms with Gasteiger partial charge in [0.2, 0.25) is 0 Å². The van der Waals surface area contributed by atoms with E-state index >= 15 is 0 Å². The Balaban J connectivity index is 0.00000272. The Bertz CT molecular complexity index is 867. The molecule has 1 atom stereocenters. The highest BCUT2D eigenvalue weighted by molar-refractivity contribution is 14.0. The molecule has 1 spiro atoms. The van der Waals surface area contributed by atoms with Gasteiger partial charge in [0.05, 0.1) is 20.3 Å². The molecule has 0 aliphatic carbocycles. The summed E-state index contributed by atoms with van der Waals surface area (Å²) in [5.41, 5.74) is 1.48. The second-order valence-corrected chi connectivity index (χ2v) is 8.04. The Morgan fingerprint density at radius 3 is 2.58 bits per heavy atom. The summed E-state index contributed by atoms with van der Waals surface area (Å²) >= 11 is 0. The van der Waals surface area contributed by atoms with Crippen molar-refractivity contribution in [1.29, 1.82) is 0 Å². The van der Waals surface area contributed by atoms with Crippen molar-refractivity contribution in [2.75, 3.05) is 40.0 Å². The number of hydrogen-bond donors (Lipinski definition) is 1. The molecule has 2 heterocycles. The van der Waals surface area contributed by atoms with Crippen LogP contribution in [-0.4, -0.2) is 50.8 Å². The number of para-hydroxylation sites is 2. The highest BCUT2D eigenvalue weighted by Gasteiger charge is 2.42. The van der Waals surface area contributed by atoms with E-state index in [2.05, 4.69) is 29.3 Å². The molecule has 2 fully saturated rings. The van der Waals surface area contributed by atoms with Crippen molar-refractivity contribution in [3.8, 4) is 17.2 Å². The molecular formula is C24H32IN3O3. The molecule has 4 rings (SSSR count). The van der Waals surface area contributed by atoms with Gasteiger partial charge in [0.25, 0.3) is 0 Å². The minimum Gasteiger partial charge on any atom is -0.493 e. The van der Waals surface area contributed by atoms with Crippen LogP contribution in [0.5, 0.6) is 17.2 Å². The van der Waals surface area contributed by atoms with Crippen LogP contribution in [0.25, 0.3) is 0 Å². The number of ether oxygens (including phenoxy) is 3. The molecule has 1 unspecified atom stereocenters. The highest BCUT2D eigenvalue weighted by Crippen LogP contribution is 2.38. The minimum absolute atomic E-state index is 0. The van der Waals surface area contributed by atoms with Crippen LogP contribution in [0, 0.1) is 5.41 Å². The third kappa shape index (κ3) is 5.83. The van der Waals surface area contributed by atoms with Crippen LogP contribution in [0.15, 0.2) is 53.5 Å². The zero-order valence-corrected chi connectivity index (χ0v) is 20.6. The first-order valence-corrected chi connectivity index (χ1v) is 10.7. The van der Waals surface area contributed by atoms with Crippen LogP contribution in [-0.2, 0) is 11.3 Å². The number of aliphatic imine (C=N–C) groups is 1. The Hall–Kier alpha value is -2.00. The van der Waals surface area contributed by atoms with E-state index in [0.717, 1.165) is 62.3 Å². The zero-order valence-electron chi connectivity index (χ0n) is 18.3. The average Bonchev–Trinajstić information content (AvgIpc) is 3.42. The molecule has 2 aromatic carbocycles. The van der Waals surface area contributed by atoms with E-state index in [4.69, 9.17) is 19.2 Å².